The first kappa shape index (κ1) is 15.3. The Morgan fingerprint density at radius 3 is 2.44 bits per heavy atom. The van der Waals surface area contributed by atoms with Crippen molar-refractivity contribution in [3.05, 3.63) is 0 Å². The molecule has 0 bridgehead atoms. The number of ether oxygens (including phenoxy) is 1. The van der Waals surface area contributed by atoms with Crippen LogP contribution in [0.1, 0.15) is 13.8 Å². The van der Waals surface area contributed by atoms with Crippen LogP contribution in [-0.2, 0) is 14.9 Å². The third kappa shape index (κ3) is 6.01. The van der Waals surface area contributed by atoms with Crippen LogP contribution in [0, 0.1) is 10.8 Å². The van der Waals surface area contributed by atoms with E-state index in [4.69, 9.17) is 15.9 Å². The zero-order valence-electron chi connectivity index (χ0n) is 9.83. The Labute approximate surface area is 96.4 Å². The Bertz CT molecular complexity index is 326. The molecule has 0 atom stereocenters. The molecule has 0 radical (unpaired) electrons. The lowest BCUT2D eigenvalue weighted by molar-refractivity contribution is 0.204. The van der Waals surface area contributed by atoms with E-state index in [9.17, 15) is 8.42 Å². The van der Waals surface area contributed by atoms with E-state index >= 15 is 0 Å². The first-order valence-electron chi connectivity index (χ1n) is 4.79. The molecule has 0 rings (SSSR count). The zero-order valence-corrected chi connectivity index (χ0v) is 10.6. The van der Waals surface area contributed by atoms with Crippen LogP contribution in [0.25, 0.3) is 0 Å². The molecule has 0 aromatic carbocycles. The van der Waals surface area contributed by atoms with E-state index in [2.05, 4.69) is 9.44 Å². The van der Waals surface area contributed by atoms with Gasteiger partial charge in [-0.3, -0.25) is 5.41 Å². The van der Waals surface area contributed by atoms with Gasteiger partial charge in [0.1, 0.15) is 0 Å². The van der Waals surface area contributed by atoms with Gasteiger partial charge in [-0.2, -0.15) is 13.1 Å². The van der Waals surface area contributed by atoms with Crippen LogP contribution in [0.4, 0.5) is 0 Å². The topological polar surface area (TPSA) is 117 Å². The number of amidine groups is 1. The standard InChI is InChI=1S/C8H20N4O3S/c1-8(2,7(9)10)6-12-16(13,14)11-4-5-15-3/h11-12H,4-6H2,1-3H3,(H3,9,10). The lowest BCUT2D eigenvalue weighted by Gasteiger charge is -2.23. The molecule has 0 spiro atoms. The van der Waals surface area contributed by atoms with Crippen molar-refractivity contribution in [2.45, 2.75) is 13.8 Å². The molecule has 0 saturated heterocycles. The van der Waals surface area contributed by atoms with Crippen LogP contribution in [-0.4, -0.2) is 41.1 Å². The lowest BCUT2D eigenvalue weighted by Crippen LogP contribution is -2.46. The molecule has 0 saturated carbocycles. The molecule has 16 heavy (non-hydrogen) atoms. The summed E-state index contributed by atoms with van der Waals surface area (Å²) in [6.45, 7) is 3.95. The summed E-state index contributed by atoms with van der Waals surface area (Å²) in [7, 11) is -2.07. The first-order chi connectivity index (χ1) is 7.21. The second-order valence-electron chi connectivity index (χ2n) is 4.01. The first-order valence-corrected chi connectivity index (χ1v) is 6.27. The van der Waals surface area contributed by atoms with Crippen molar-refractivity contribution < 1.29 is 13.2 Å². The molecule has 0 unspecified atom stereocenters. The maximum Gasteiger partial charge on any atom is 0.277 e. The van der Waals surface area contributed by atoms with Crippen LogP contribution in [0.3, 0.4) is 0 Å². The van der Waals surface area contributed by atoms with E-state index in [1.807, 2.05) is 0 Å². The summed E-state index contributed by atoms with van der Waals surface area (Å²) in [6.07, 6.45) is 0. The second kappa shape index (κ2) is 6.14. The Kier molecular flexibility index (Phi) is 5.87. The average Bonchev–Trinajstić information content (AvgIpc) is 2.15. The Hall–Kier alpha value is -0.700. The second-order valence-corrected chi connectivity index (χ2v) is 5.59. The monoisotopic (exact) mass is 252 g/mol. The maximum absolute atomic E-state index is 11.4. The van der Waals surface area contributed by atoms with Gasteiger partial charge in [-0.05, 0) is 0 Å². The van der Waals surface area contributed by atoms with E-state index in [0.29, 0.717) is 6.61 Å². The number of hydrogen-bond acceptors (Lipinski definition) is 4. The predicted molar refractivity (Wildman–Crippen MR) is 62.5 cm³/mol. The molecular formula is C8H20N4O3S. The van der Waals surface area contributed by atoms with Crippen molar-refractivity contribution in [1.29, 1.82) is 5.41 Å². The number of nitrogens with two attached hydrogens (primary N) is 1. The van der Waals surface area contributed by atoms with Crippen molar-refractivity contribution in [2.75, 3.05) is 26.8 Å². The van der Waals surface area contributed by atoms with Gasteiger partial charge in [0.25, 0.3) is 10.2 Å². The quantitative estimate of drug-likeness (QED) is 0.252. The van der Waals surface area contributed by atoms with E-state index in [-0.39, 0.29) is 18.9 Å². The fourth-order valence-electron chi connectivity index (χ4n) is 0.700. The minimum absolute atomic E-state index is 0.0629. The fraction of sp³-hybridized carbons (Fsp3) is 0.875. The molecule has 0 aromatic rings. The molecule has 0 aliphatic heterocycles. The van der Waals surface area contributed by atoms with Crippen LogP contribution < -0.4 is 15.2 Å². The Balaban J connectivity index is 4.14. The van der Waals surface area contributed by atoms with Gasteiger partial charge in [0, 0.05) is 25.6 Å². The Morgan fingerprint density at radius 1 is 1.44 bits per heavy atom. The lowest BCUT2D eigenvalue weighted by atomic mass is 9.93. The summed E-state index contributed by atoms with van der Waals surface area (Å²) in [5, 5.41) is 7.28. The fourth-order valence-corrected chi connectivity index (χ4v) is 1.70. The van der Waals surface area contributed by atoms with E-state index < -0.39 is 15.6 Å². The van der Waals surface area contributed by atoms with Crippen LogP contribution >= 0.6 is 0 Å². The van der Waals surface area contributed by atoms with Crippen molar-refractivity contribution in [1.82, 2.24) is 9.44 Å². The molecular weight excluding hydrogens is 232 g/mol. The summed E-state index contributed by atoms with van der Waals surface area (Å²) in [5.41, 5.74) is 4.63. The third-order valence-corrected chi connectivity index (χ3v) is 3.14. The molecule has 0 amide bonds. The van der Waals surface area contributed by atoms with Crippen LogP contribution in [0.2, 0.25) is 0 Å². The highest BCUT2D eigenvalue weighted by Gasteiger charge is 2.23. The summed E-state index contributed by atoms with van der Waals surface area (Å²) < 4.78 is 32.1. The van der Waals surface area contributed by atoms with Crippen LogP contribution in [0.15, 0.2) is 0 Å². The average molecular weight is 252 g/mol. The van der Waals surface area contributed by atoms with Crippen molar-refractivity contribution in [3.8, 4) is 0 Å². The van der Waals surface area contributed by atoms with Gasteiger partial charge in [0.15, 0.2) is 0 Å². The van der Waals surface area contributed by atoms with E-state index in [0.717, 1.165) is 0 Å². The van der Waals surface area contributed by atoms with Crippen LogP contribution in [0.5, 0.6) is 0 Å². The minimum Gasteiger partial charge on any atom is -0.387 e. The summed E-state index contributed by atoms with van der Waals surface area (Å²) in [5.74, 6) is -0.0629. The molecule has 0 aromatic heterocycles. The van der Waals surface area contributed by atoms with Gasteiger partial charge in [0.2, 0.25) is 0 Å². The normalized spacial score (nSPS) is 12.7. The number of hydrogen-bond donors (Lipinski definition) is 4. The summed E-state index contributed by atoms with van der Waals surface area (Å²) in [4.78, 5) is 0. The highest BCUT2D eigenvalue weighted by molar-refractivity contribution is 7.87. The summed E-state index contributed by atoms with van der Waals surface area (Å²) >= 11 is 0. The largest absolute Gasteiger partial charge is 0.387 e. The van der Waals surface area contributed by atoms with Crippen molar-refractivity contribution in [2.24, 2.45) is 11.1 Å². The van der Waals surface area contributed by atoms with Gasteiger partial charge in [-0.15, -0.1) is 0 Å². The van der Waals surface area contributed by atoms with E-state index in [1.54, 1.807) is 13.8 Å². The highest BCUT2D eigenvalue weighted by atomic mass is 32.2. The van der Waals surface area contributed by atoms with Crippen molar-refractivity contribution >= 4 is 16.0 Å². The van der Waals surface area contributed by atoms with Gasteiger partial charge in [0.05, 0.1) is 12.4 Å². The van der Waals surface area contributed by atoms with Gasteiger partial charge < -0.3 is 10.5 Å². The van der Waals surface area contributed by atoms with Crippen molar-refractivity contribution in [3.63, 3.8) is 0 Å². The highest BCUT2D eigenvalue weighted by Crippen LogP contribution is 2.12. The molecule has 0 fully saturated rings. The summed E-state index contributed by atoms with van der Waals surface area (Å²) in [6, 6.07) is 0. The molecule has 5 N–H and O–H groups in total. The van der Waals surface area contributed by atoms with Gasteiger partial charge in [-0.1, -0.05) is 13.8 Å². The zero-order chi connectivity index (χ0) is 12.8. The molecule has 8 heteroatoms. The van der Waals surface area contributed by atoms with E-state index in [1.165, 1.54) is 7.11 Å². The number of nitrogens with one attached hydrogen (secondary N) is 3. The van der Waals surface area contributed by atoms with Gasteiger partial charge in [-0.25, -0.2) is 4.72 Å². The molecule has 96 valence electrons. The minimum atomic E-state index is -3.55. The Morgan fingerprint density at radius 2 is 2.00 bits per heavy atom. The third-order valence-electron chi connectivity index (χ3n) is 2.03. The SMILES string of the molecule is COCCNS(=O)(=O)NCC(C)(C)C(=N)N. The molecule has 0 aliphatic rings. The number of rotatable bonds is 8. The smallest absolute Gasteiger partial charge is 0.277 e. The molecule has 0 heterocycles. The van der Waals surface area contributed by atoms with Gasteiger partial charge >= 0.3 is 0 Å². The maximum atomic E-state index is 11.4. The number of methoxy groups -OCH3 is 1. The molecule has 7 nitrogen and oxygen atoms in total. The predicted octanol–water partition coefficient (Wildman–Crippen LogP) is -0.981. The molecule has 0 aliphatic carbocycles.